The van der Waals surface area contributed by atoms with Crippen LogP contribution >= 0.6 is 0 Å². The predicted molar refractivity (Wildman–Crippen MR) is 60.6 cm³/mol. The SMILES string of the molecule is CCCNC(CC)CCC1CCCO1. The summed E-state index contributed by atoms with van der Waals surface area (Å²) in [6, 6.07) is 0.708. The van der Waals surface area contributed by atoms with Gasteiger partial charge in [-0.05, 0) is 45.1 Å². The van der Waals surface area contributed by atoms with Gasteiger partial charge in [-0.1, -0.05) is 13.8 Å². The van der Waals surface area contributed by atoms with Crippen LogP contribution in [0.25, 0.3) is 0 Å². The minimum absolute atomic E-state index is 0.562. The van der Waals surface area contributed by atoms with Crippen LogP contribution in [-0.2, 0) is 4.74 Å². The van der Waals surface area contributed by atoms with Gasteiger partial charge in [-0.15, -0.1) is 0 Å². The van der Waals surface area contributed by atoms with E-state index in [2.05, 4.69) is 19.2 Å². The molecule has 1 aliphatic heterocycles. The number of hydrogen-bond acceptors (Lipinski definition) is 2. The summed E-state index contributed by atoms with van der Waals surface area (Å²) in [4.78, 5) is 0. The fourth-order valence-corrected chi connectivity index (χ4v) is 2.06. The summed E-state index contributed by atoms with van der Waals surface area (Å²) in [6.07, 6.45) is 8.11. The lowest BCUT2D eigenvalue weighted by Crippen LogP contribution is -2.30. The molecule has 0 aliphatic carbocycles. The first-order valence-electron chi connectivity index (χ1n) is 6.21. The van der Waals surface area contributed by atoms with Crippen molar-refractivity contribution in [3.63, 3.8) is 0 Å². The molecule has 0 saturated carbocycles. The third-order valence-electron chi connectivity index (χ3n) is 3.04. The quantitative estimate of drug-likeness (QED) is 0.680. The zero-order chi connectivity index (χ0) is 10.2. The van der Waals surface area contributed by atoms with E-state index in [4.69, 9.17) is 4.74 Å². The van der Waals surface area contributed by atoms with Crippen LogP contribution in [0, 0.1) is 0 Å². The number of nitrogens with one attached hydrogen (secondary N) is 1. The Morgan fingerprint density at radius 1 is 1.43 bits per heavy atom. The van der Waals surface area contributed by atoms with Crippen molar-refractivity contribution in [1.29, 1.82) is 0 Å². The van der Waals surface area contributed by atoms with Crippen molar-refractivity contribution < 1.29 is 4.74 Å². The van der Waals surface area contributed by atoms with Gasteiger partial charge in [0.1, 0.15) is 0 Å². The molecule has 0 radical (unpaired) electrons. The molecule has 1 N–H and O–H groups in total. The van der Waals surface area contributed by atoms with Gasteiger partial charge in [-0.2, -0.15) is 0 Å². The van der Waals surface area contributed by atoms with Crippen molar-refractivity contribution in [3.05, 3.63) is 0 Å². The van der Waals surface area contributed by atoms with Gasteiger partial charge >= 0.3 is 0 Å². The van der Waals surface area contributed by atoms with E-state index >= 15 is 0 Å². The van der Waals surface area contributed by atoms with Crippen LogP contribution in [0.3, 0.4) is 0 Å². The van der Waals surface area contributed by atoms with Crippen molar-refractivity contribution >= 4 is 0 Å². The second kappa shape index (κ2) is 7.24. The molecule has 0 aromatic rings. The first kappa shape index (κ1) is 12.0. The standard InChI is InChI=1S/C12H25NO/c1-3-9-13-11(4-2)7-8-12-6-5-10-14-12/h11-13H,3-10H2,1-2H3. The Bertz CT molecular complexity index is 132. The summed E-state index contributed by atoms with van der Waals surface area (Å²) in [5.41, 5.74) is 0. The Hall–Kier alpha value is -0.0800. The first-order chi connectivity index (χ1) is 6.86. The topological polar surface area (TPSA) is 21.3 Å². The lowest BCUT2D eigenvalue weighted by molar-refractivity contribution is 0.0994. The van der Waals surface area contributed by atoms with Crippen LogP contribution in [0.4, 0.5) is 0 Å². The van der Waals surface area contributed by atoms with E-state index in [9.17, 15) is 0 Å². The van der Waals surface area contributed by atoms with Crippen molar-refractivity contribution in [2.45, 2.75) is 64.5 Å². The minimum atomic E-state index is 0.562. The average molecular weight is 199 g/mol. The third-order valence-corrected chi connectivity index (χ3v) is 3.04. The van der Waals surface area contributed by atoms with Crippen LogP contribution in [0.5, 0.6) is 0 Å². The van der Waals surface area contributed by atoms with Crippen molar-refractivity contribution in [1.82, 2.24) is 5.32 Å². The van der Waals surface area contributed by atoms with Gasteiger partial charge in [-0.3, -0.25) is 0 Å². The van der Waals surface area contributed by atoms with Crippen molar-refractivity contribution in [2.75, 3.05) is 13.2 Å². The summed E-state index contributed by atoms with van der Waals surface area (Å²) in [7, 11) is 0. The van der Waals surface area contributed by atoms with Crippen molar-refractivity contribution in [3.8, 4) is 0 Å². The van der Waals surface area contributed by atoms with Gasteiger partial charge in [-0.25, -0.2) is 0 Å². The van der Waals surface area contributed by atoms with Gasteiger partial charge in [0, 0.05) is 12.6 Å². The van der Waals surface area contributed by atoms with E-state index in [1.165, 1.54) is 38.5 Å². The Morgan fingerprint density at radius 2 is 2.29 bits per heavy atom. The molecule has 1 aliphatic rings. The number of ether oxygens (including phenoxy) is 1. The molecule has 0 aromatic carbocycles. The zero-order valence-corrected chi connectivity index (χ0v) is 9.72. The first-order valence-corrected chi connectivity index (χ1v) is 6.21. The largest absolute Gasteiger partial charge is 0.378 e. The van der Waals surface area contributed by atoms with Gasteiger partial charge in [0.05, 0.1) is 6.10 Å². The highest BCUT2D eigenvalue weighted by Gasteiger charge is 2.16. The van der Waals surface area contributed by atoms with E-state index in [0.717, 1.165) is 13.2 Å². The molecule has 84 valence electrons. The van der Waals surface area contributed by atoms with Crippen LogP contribution in [0.1, 0.15) is 52.4 Å². The molecule has 1 saturated heterocycles. The van der Waals surface area contributed by atoms with E-state index < -0.39 is 0 Å². The Kier molecular flexibility index (Phi) is 6.20. The fraction of sp³-hybridized carbons (Fsp3) is 1.00. The molecule has 2 unspecified atom stereocenters. The summed E-state index contributed by atoms with van der Waals surface area (Å²) in [5, 5.41) is 3.59. The third kappa shape index (κ3) is 4.43. The summed E-state index contributed by atoms with van der Waals surface area (Å²) in [5.74, 6) is 0. The second-order valence-corrected chi connectivity index (χ2v) is 4.27. The van der Waals surface area contributed by atoms with Gasteiger partial charge < -0.3 is 10.1 Å². The smallest absolute Gasteiger partial charge is 0.0576 e. The summed E-state index contributed by atoms with van der Waals surface area (Å²) in [6.45, 7) is 6.64. The van der Waals surface area contributed by atoms with E-state index in [0.29, 0.717) is 12.1 Å². The van der Waals surface area contributed by atoms with E-state index in [1.54, 1.807) is 0 Å². The minimum Gasteiger partial charge on any atom is -0.378 e. The van der Waals surface area contributed by atoms with E-state index in [1.807, 2.05) is 0 Å². The molecule has 2 atom stereocenters. The summed E-state index contributed by atoms with van der Waals surface area (Å²) < 4.78 is 5.62. The average Bonchev–Trinajstić information content (AvgIpc) is 2.71. The Balaban J connectivity index is 2.06. The highest BCUT2D eigenvalue weighted by atomic mass is 16.5. The lowest BCUT2D eigenvalue weighted by atomic mass is 10.0. The second-order valence-electron chi connectivity index (χ2n) is 4.27. The molecule has 0 bridgehead atoms. The Morgan fingerprint density at radius 3 is 2.86 bits per heavy atom. The fourth-order valence-electron chi connectivity index (χ4n) is 2.06. The highest BCUT2D eigenvalue weighted by Crippen LogP contribution is 2.18. The Labute approximate surface area is 88.4 Å². The van der Waals surface area contributed by atoms with Crippen LogP contribution in [-0.4, -0.2) is 25.3 Å². The molecule has 1 fully saturated rings. The predicted octanol–water partition coefficient (Wildman–Crippen LogP) is 2.72. The van der Waals surface area contributed by atoms with Crippen molar-refractivity contribution in [2.24, 2.45) is 0 Å². The number of rotatable bonds is 7. The molecule has 0 spiro atoms. The molecule has 2 heteroatoms. The highest BCUT2D eigenvalue weighted by molar-refractivity contribution is 4.70. The molecular weight excluding hydrogens is 174 g/mol. The summed E-state index contributed by atoms with van der Waals surface area (Å²) >= 11 is 0. The van der Waals surface area contributed by atoms with Gasteiger partial charge in [0.25, 0.3) is 0 Å². The molecule has 0 amide bonds. The van der Waals surface area contributed by atoms with Crippen LogP contribution < -0.4 is 5.32 Å². The maximum Gasteiger partial charge on any atom is 0.0576 e. The van der Waals surface area contributed by atoms with E-state index in [-0.39, 0.29) is 0 Å². The van der Waals surface area contributed by atoms with Gasteiger partial charge in [0.2, 0.25) is 0 Å². The normalized spacial score (nSPS) is 24.0. The maximum absolute atomic E-state index is 5.62. The van der Waals surface area contributed by atoms with Crippen LogP contribution in [0.15, 0.2) is 0 Å². The van der Waals surface area contributed by atoms with Crippen LogP contribution in [0.2, 0.25) is 0 Å². The molecular formula is C12H25NO. The molecule has 0 aromatic heterocycles. The number of hydrogen-bond donors (Lipinski definition) is 1. The molecule has 1 heterocycles. The molecule has 1 rings (SSSR count). The maximum atomic E-state index is 5.62. The zero-order valence-electron chi connectivity index (χ0n) is 9.72. The monoisotopic (exact) mass is 199 g/mol. The molecule has 2 nitrogen and oxygen atoms in total. The molecule has 14 heavy (non-hydrogen) atoms. The van der Waals surface area contributed by atoms with Gasteiger partial charge in [0.15, 0.2) is 0 Å². The lowest BCUT2D eigenvalue weighted by Gasteiger charge is -2.18.